The Morgan fingerprint density at radius 2 is 1.67 bits per heavy atom. The molecule has 3 rings (SSSR count). The minimum absolute atomic E-state index is 0.0258. The Bertz CT molecular complexity index is 965. The Morgan fingerprint density at radius 3 is 2.30 bits per heavy atom. The van der Waals surface area contributed by atoms with E-state index in [0.29, 0.717) is 0 Å². The highest BCUT2D eigenvalue weighted by Crippen LogP contribution is 2.27. The molecule has 9 nitrogen and oxygen atoms in total. The zero-order valence-corrected chi connectivity index (χ0v) is 20.0. The molecule has 10 heteroatoms. The Balaban J connectivity index is 1.53. The highest BCUT2D eigenvalue weighted by atomic mass is 32.2. The molecule has 2 fully saturated rings. The Labute approximate surface area is 195 Å². The maximum atomic E-state index is 13.1. The number of sulfonamides is 1. The van der Waals surface area contributed by atoms with Gasteiger partial charge in [0.15, 0.2) is 6.61 Å². The number of methoxy groups -OCH3 is 1. The number of rotatable bonds is 7. The van der Waals surface area contributed by atoms with Gasteiger partial charge in [-0.2, -0.15) is 4.31 Å². The van der Waals surface area contributed by atoms with Crippen molar-refractivity contribution in [1.29, 1.82) is 0 Å². The van der Waals surface area contributed by atoms with E-state index in [2.05, 4.69) is 0 Å². The third-order valence-electron chi connectivity index (χ3n) is 6.55. The molecule has 0 bridgehead atoms. The van der Waals surface area contributed by atoms with Crippen LogP contribution in [0.1, 0.15) is 55.3 Å². The number of esters is 2. The third-order valence-corrected chi connectivity index (χ3v) is 8.51. The van der Waals surface area contributed by atoms with E-state index in [1.807, 2.05) is 0 Å². The normalized spacial score (nSPS) is 18.5. The first-order valence-electron chi connectivity index (χ1n) is 11.4. The molecular weight excluding hydrogens is 448 g/mol. The van der Waals surface area contributed by atoms with Crippen LogP contribution in [0.4, 0.5) is 0 Å². The largest absolute Gasteiger partial charge is 0.465 e. The van der Waals surface area contributed by atoms with Gasteiger partial charge in [-0.3, -0.25) is 9.59 Å². The Kier molecular flexibility index (Phi) is 8.47. The zero-order valence-electron chi connectivity index (χ0n) is 19.2. The zero-order chi connectivity index (χ0) is 24.0. The maximum absolute atomic E-state index is 13.1. The second-order valence-corrected chi connectivity index (χ2v) is 10.5. The molecule has 0 atom stereocenters. The van der Waals surface area contributed by atoms with Gasteiger partial charge in [0.2, 0.25) is 10.0 Å². The van der Waals surface area contributed by atoms with Crippen LogP contribution in [-0.2, 0) is 29.1 Å². The van der Waals surface area contributed by atoms with E-state index < -0.39 is 27.9 Å². The van der Waals surface area contributed by atoms with Crippen molar-refractivity contribution in [3.05, 3.63) is 29.8 Å². The lowest BCUT2D eigenvalue weighted by Crippen LogP contribution is -2.43. The predicted molar refractivity (Wildman–Crippen MR) is 120 cm³/mol. The van der Waals surface area contributed by atoms with Gasteiger partial charge in [-0.15, -0.1) is 0 Å². The fourth-order valence-electron chi connectivity index (χ4n) is 4.47. The molecule has 0 aromatic heterocycles. The van der Waals surface area contributed by atoms with Gasteiger partial charge in [-0.1, -0.05) is 31.4 Å². The summed E-state index contributed by atoms with van der Waals surface area (Å²) in [6.07, 6.45) is 5.91. The summed E-state index contributed by atoms with van der Waals surface area (Å²) in [7, 11) is -0.980. The summed E-state index contributed by atoms with van der Waals surface area (Å²) in [5.41, 5.74) is -0.0258. The van der Waals surface area contributed by atoms with Crippen molar-refractivity contribution < 1.29 is 32.3 Å². The molecule has 33 heavy (non-hydrogen) atoms. The monoisotopic (exact) mass is 480 g/mol. The van der Waals surface area contributed by atoms with Gasteiger partial charge in [-0.05, 0) is 37.8 Å². The van der Waals surface area contributed by atoms with E-state index in [1.54, 1.807) is 24.1 Å². The molecule has 1 aliphatic carbocycles. The average Bonchev–Trinajstić information content (AvgIpc) is 2.86. The summed E-state index contributed by atoms with van der Waals surface area (Å²) < 4.78 is 37.4. The molecule has 1 saturated carbocycles. The summed E-state index contributed by atoms with van der Waals surface area (Å²) in [5, 5.41) is 0. The molecule has 1 aromatic carbocycles. The van der Waals surface area contributed by atoms with Crippen LogP contribution in [-0.4, -0.2) is 75.4 Å². The van der Waals surface area contributed by atoms with Crippen LogP contribution < -0.4 is 0 Å². The second-order valence-electron chi connectivity index (χ2n) is 8.57. The Hall–Kier alpha value is -2.46. The molecule has 1 amide bonds. The van der Waals surface area contributed by atoms with Crippen LogP contribution in [0.5, 0.6) is 0 Å². The number of piperidine rings is 1. The van der Waals surface area contributed by atoms with Gasteiger partial charge in [0, 0.05) is 26.2 Å². The minimum atomic E-state index is -3.93. The van der Waals surface area contributed by atoms with E-state index in [9.17, 15) is 22.8 Å². The van der Waals surface area contributed by atoms with Crippen molar-refractivity contribution in [3.8, 4) is 0 Å². The van der Waals surface area contributed by atoms with E-state index in [-0.39, 0.29) is 54.9 Å². The van der Waals surface area contributed by atoms with Crippen LogP contribution in [0, 0.1) is 5.92 Å². The number of benzene rings is 1. The lowest BCUT2D eigenvalue weighted by Gasteiger charge is -2.32. The topological polar surface area (TPSA) is 110 Å². The van der Waals surface area contributed by atoms with Gasteiger partial charge in [0.25, 0.3) is 5.91 Å². The molecule has 0 unspecified atom stereocenters. The predicted octanol–water partition coefficient (Wildman–Crippen LogP) is 2.21. The van der Waals surface area contributed by atoms with Crippen molar-refractivity contribution in [2.45, 2.75) is 55.9 Å². The van der Waals surface area contributed by atoms with Crippen LogP contribution in [0.3, 0.4) is 0 Å². The van der Waals surface area contributed by atoms with E-state index in [0.717, 1.165) is 25.7 Å². The van der Waals surface area contributed by atoms with Crippen molar-refractivity contribution in [2.75, 3.05) is 33.9 Å². The standard InChI is InChI=1S/C23H32N2O7S/c1-24(18-8-4-3-5-9-18)21(26)16-32-22(27)17-12-14-25(15-13-17)33(29,30)20-11-7-6-10-19(20)23(28)31-2/h6-7,10-11,17-18H,3-5,8-9,12-16H2,1-2H3. The molecule has 0 radical (unpaired) electrons. The molecule has 1 aliphatic heterocycles. The SMILES string of the molecule is COC(=O)c1ccccc1S(=O)(=O)N1CCC(C(=O)OCC(=O)N(C)C2CCCCC2)CC1. The maximum Gasteiger partial charge on any atom is 0.339 e. The number of hydrogen-bond donors (Lipinski definition) is 0. The molecule has 2 aliphatic rings. The minimum Gasteiger partial charge on any atom is -0.465 e. The first-order chi connectivity index (χ1) is 15.8. The molecule has 0 spiro atoms. The summed E-state index contributed by atoms with van der Waals surface area (Å²) in [5.74, 6) is -1.89. The number of carbonyl (C=O) groups excluding carboxylic acids is 3. The van der Waals surface area contributed by atoms with Crippen LogP contribution in [0.15, 0.2) is 29.2 Å². The quantitative estimate of drug-likeness (QED) is 0.550. The molecule has 182 valence electrons. The summed E-state index contributed by atoms with van der Waals surface area (Å²) in [6.45, 7) is -0.0576. The molecule has 1 aromatic rings. The van der Waals surface area contributed by atoms with Crippen LogP contribution >= 0.6 is 0 Å². The van der Waals surface area contributed by atoms with Gasteiger partial charge in [-0.25, -0.2) is 13.2 Å². The molecule has 1 saturated heterocycles. The first-order valence-corrected chi connectivity index (χ1v) is 12.8. The number of ether oxygens (including phenoxy) is 2. The number of carbonyl (C=O) groups is 3. The molecule has 0 N–H and O–H groups in total. The summed E-state index contributed by atoms with van der Waals surface area (Å²) in [6, 6.07) is 6.09. The van der Waals surface area contributed by atoms with E-state index in [4.69, 9.17) is 9.47 Å². The number of hydrogen-bond acceptors (Lipinski definition) is 7. The first kappa shape index (κ1) is 25.2. The second kappa shape index (κ2) is 11.1. The lowest BCUT2D eigenvalue weighted by atomic mass is 9.94. The molecule has 1 heterocycles. The van der Waals surface area contributed by atoms with Crippen LogP contribution in [0.2, 0.25) is 0 Å². The number of likely N-dealkylation sites (N-methyl/N-ethyl adjacent to an activating group) is 1. The number of amides is 1. The van der Waals surface area contributed by atoms with Crippen molar-refractivity contribution in [3.63, 3.8) is 0 Å². The summed E-state index contributed by atoms with van der Waals surface area (Å²) >= 11 is 0. The smallest absolute Gasteiger partial charge is 0.339 e. The van der Waals surface area contributed by atoms with Gasteiger partial charge < -0.3 is 14.4 Å². The molecular formula is C23H32N2O7S. The highest BCUT2D eigenvalue weighted by Gasteiger charge is 2.35. The average molecular weight is 481 g/mol. The summed E-state index contributed by atoms with van der Waals surface area (Å²) in [4.78, 5) is 38.4. The van der Waals surface area contributed by atoms with Crippen molar-refractivity contribution >= 4 is 27.9 Å². The lowest BCUT2D eigenvalue weighted by molar-refractivity contribution is -0.157. The highest BCUT2D eigenvalue weighted by molar-refractivity contribution is 7.89. The fourth-order valence-corrected chi connectivity index (χ4v) is 6.12. The van der Waals surface area contributed by atoms with E-state index >= 15 is 0 Å². The van der Waals surface area contributed by atoms with Gasteiger partial charge in [0.1, 0.15) is 0 Å². The third kappa shape index (κ3) is 5.92. The van der Waals surface area contributed by atoms with Gasteiger partial charge >= 0.3 is 11.9 Å². The van der Waals surface area contributed by atoms with Crippen LogP contribution in [0.25, 0.3) is 0 Å². The van der Waals surface area contributed by atoms with Crippen molar-refractivity contribution in [2.24, 2.45) is 5.92 Å². The Morgan fingerprint density at radius 1 is 1.03 bits per heavy atom. The van der Waals surface area contributed by atoms with E-state index in [1.165, 1.54) is 30.0 Å². The number of nitrogens with zero attached hydrogens (tertiary/aromatic N) is 2. The fraction of sp³-hybridized carbons (Fsp3) is 0.609. The van der Waals surface area contributed by atoms with Gasteiger partial charge in [0.05, 0.1) is 23.5 Å². The van der Waals surface area contributed by atoms with Crippen molar-refractivity contribution in [1.82, 2.24) is 9.21 Å².